The molecule has 2 aromatic carbocycles. The van der Waals surface area contributed by atoms with E-state index in [0.717, 1.165) is 24.0 Å². The Hall–Kier alpha value is -2.71. The molecule has 1 amide bonds. The van der Waals surface area contributed by atoms with Crippen LogP contribution in [-0.2, 0) is 4.79 Å². The summed E-state index contributed by atoms with van der Waals surface area (Å²) < 4.78 is 13.3. The SMILES string of the molecule is C[C@@](C#N)(NC(=O)CN[C@@H](c1ccccc1)c1ccc(F)cc1)C1CC1. The van der Waals surface area contributed by atoms with Crippen molar-refractivity contribution < 1.29 is 9.18 Å². The molecule has 134 valence electrons. The first-order valence-corrected chi connectivity index (χ1v) is 8.78. The number of nitrogens with one attached hydrogen (secondary N) is 2. The van der Waals surface area contributed by atoms with Crippen LogP contribution in [0, 0.1) is 23.1 Å². The quantitative estimate of drug-likeness (QED) is 0.804. The van der Waals surface area contributed by atoms with Crippen molar-refractivity contribution in [3.05, 3.63) is 71.5 Å². The van der Waals surface area contributed by atoms with Gasteiger partial charge in [0.25, 0.3) is 0 Å². The van der Waals surface area contributed by atoms with Crippen molar-refractivity contribution in [2.45, 2.75) is 31.3 Å². The molecule has 0 aromatic heterocycles. The van der Waals surface area contributed by atoms with Crippen molar-refractivity contribution in [3.63, 3.8) is 0 Å². The number of nitrogens with zero attached hydrogens (tertiary/aromatic N) is 1. The lowest BCUT2D eigenvalue weighted by molar-refractivity contribution is -0.121. The maximum atomic E-state index is 13.3. The van der Waals surface area contributed by atoms with Crippen LogP contribution in [-0.4, -0.2) is 18.0 Å². The first-order chi connectivity index (χ1) is 12.5. The van der Waals surface area contributed by atoms with Crippen molar-refractivity contribution in [2.24, 2.45) is 5.92 Å². The largest absolute Gasteiger partial charge is 0.337 e. The number of halogens is 1. The summed E-state index contributed by atoms with van der Waals surface area (Å²) >= 11 is 0. The first kappa shape index (κ1) is 18.1. The average molecular weight is 351 g/mol. The van der Waals surface area contributed by atoms with E-state index in [1.54, 1.807) is 19.1 Å². The van der Waals surface area contributed by atoms with E-state index < -0.39 is 5.54 Å². The van der Waals surface area contributed by atoms with Crippen LogP contribution >= 0.6 is 0 Å². The zero-order chi connectivity index (χ0) is 18.6. The summed E-state index contributed by atoms with van der Waals surface area (Å²) in [6.45, 7) is 1.85. The molecular formula is C21H22FN3O. The predicted octanol–water partition coefficient (Wildman–Crippen LogP) is 3.31. The number of carbonyl (C=O) groups is 1. The van der Waals surface area contributed by atoms with E-state index in [1.165, 1.54) is 12.1 Å². The summed E-state index contributed by atoms with van der Waals surface area (Å²) in [6.07, 6.45) is 1.94. The number of rotatable bonds is 7. The number of nitriles is 1. The fourth-order valence-corrected chi connectivity index (χ4v) is 3.14. The Morgan fingerprint density at radius 3 is 2.38 bits per heavy atom. The maximum absolute atomic E-state index is 13.3. The molecule has 1 aliphatic carbocycles. The lowest BCUT2D eigenvalue weighted by atomic mass is 9.97. The molecule has 0 spiro atoms. The van der Waals surface area contributed by atoms with Gasteiger partial charge in [0.1, 0.15) is 11.4 Å². The summed E-state index contributed by atoms with van der Waals surface area (Å²) in [4.78, 5) is 12.4. The smallest absolute Gasteiger partial charge is 0.235 e. The summed E-state index contributed by atoms with van der Waals surface area (Å²) in [5, 5.41) is 15.5. The second kappa shape index (κ2) is 7.67. The highest BCUT2D eigenvalue weighted by atomic mass is 19.1. The Bertz CT molecular complexity index is 796. The minimum absolute atomic E-state index is 0.0704. The summed E-state index contributed by atoms with van der Waals surface area (Å²) in [5.74, 6) is -0.282. The van der Waals surface area contributed by atoms with Crippen LogP contribution in [0.15, 0.2) is 54.6 Å². The highest BCUT2D eigenvalue weighted by Crippen LogP contribution is 2.39. The van der Waals surface area contributed by atoms with Gasteiger partial charge in [-0.3, -0.25) is 10.1 Å². The molecule has 26 heavy (non-hydrogen) atoms. The molecule has 1 fully saturated rings. The molecule has 0 unspecified atom stereocenters. The van der Waals surface area contributed by atoms with Gasteiger partial charge in [0.05, 0.1) is 18.7 Å². The van der Waals surface area contributed by atoms with E-state index in [-0.39, 0.29) is 30.2 Å². The summed E-state index contributed by atoms with van der Waals surface area (Å²) in [7, 11) is 0. The molecule has 2 aromatic rings. The fraction of sp³-hybridized carbons (Fsp3) is 0.333. The van der Waals surface area contributed by atoms with Crippen LogP contribution in [0.4, 0.5) is 4.39 Å². The third kappa shape index (κ3) is 4.27. The third-order valence-corrected chi connectivity index (χ3v) is 4.83. The van der Waals surface area contributed by atoms with Crippen LogP contribution in [0.2, 0.25) is 0 Å². The van der Waals surface area contributed by atoms with E-state index in [9.17, 15) is 14.4 Å². The highest BCUT2D eigenvalue weighted by Gasteiger charge is 2.42. The standard InChI is InChI=1S/C21H22FN3O/c1-21(14-23,17-9-10-17)25-19(26)13-24-20(15-5-3-2-4-6-15)16-7-11-18(22)12-8-16/h2-8,11-12,17,20,24H,9-10,13H2,1H3,(H,25,26)/t20-,21-/m0/s1. The topological polar surface area (TPSA) is 64.9 Å². The van der Waals surface area contributed by atoms with Gasteiger partial charge in [-0.1, -0.05) is 42.5 Å². The summed E-state index contributed by atoms with van der Waals surface area (Å²) in [6, 6.07) is 17.9. The molecule has 1 saturated carbocycles. The van der Waals surface area contributed by atoms with Gasteiger partial charge in [0, 0.05) is 0 Å². The molecule has 0 aliphatic heterocycles. The minimum atomic E-state index is -0.809. The minimum Gasteiger partial charge on any atom is -0.337 e. The predicted molar refractivity (Wildman–Crippen MR) is 97.6 cm³/mol. The number of hydrogen-bond donors (Lipinski definition) is 2. The zero-order valence-electron chi connectivity index (χ0n) is 14.7. The molecule has 0 heterocycles. The van der Waals surface area contributed by atoms with E-state index in [0.29, 0.717) is 0 Å². The number of hydrogen-bond acceptors (Lipinski definition) is 3. The maximum Gasteiger partial charge on any atom is 0.235 e. The van der Waals surface area contributed by atoms with Gasteiger partial charge < -0.3 is 5.32 Å². The molecule has 2 atom stereocenters. The monoisotopic (exact) mass is 351 g/mol. The lowest BCUT2D eigenvalue weighted by Gasteiger charge is -2.24. The Labute approximate surface area is 153 Å². The number of benzene rings is 2. The molecule has 4 nitrogen and oxygen atoms in total. The number of amides is 1. The molecule has 0 radical (unpaired) electrons. The average Bonchev–Trinajstić information content (AvgIpc) is 3.50. The number of carbonyl (C=O) groups excluding carboxylic acids is 1. The Kier molecular flexibility index (Phi) is 5.34. The van der Waals surface area contributed by atoms with Crippen LogP contribution in [0.1, 0.15) is 36.9 Å². The molecule has 0 bridgehead atoms. The van der Waals surface area contributed by atoms with Crippen LogP contribution in [0.25, 0.3) is 0 Å². The first-order valence-electron chi connectivity index (χ1n) is 8.78. The van der Waals surface area contributed by atoms with E-state index in [2.05, 4.69) is 16.7 Å². The van der Waals surface area contributed by atoms with Crippen molar-refractivity contribution >= 4 is 5.91 Å². The fourth-order valence-electron chi connectivity index (χ4n) is 3.14. The summed E-state index contributed by atoms with van der Waals surface area (Å²) in [5.41, 5.74) is 1.05. The van der Waals surface area contributed by atoms with Crippen molar-refractivity contribution in [3.8, 4) is 6.07 Å². The van der Waals surface area contributed by atoms with Gasteiger partial charge in [-0.2, -0.15) is 5.26 Å². The molecule has 1 aliphatic rings. The lowest BCUT2D eigenvalue weighted by Crippen LogP contribution is -2.49. The molecule has 3 rings (SSSR count). The molecule has 0 saturated heterocycles. The highest BCUT2D eigenvalue weighted by molar-refractivity contribution is 5.79. The Morgan fingerprint density at radius 1 is 1.19 bits per heavy atom. The second-order valence-electron chi connectivity index (χ2n) is 6.91. The van der Waals surface area contributed by atoms with Gasteiger partial charge in [0.2, 0.25) is 5.91 Å². The zero-order valence-corrected chi connectivity index (χ0v) is 14.7. The second-order valence-corrected chi connectivity index (χ2v) is 6.91. The van der Waals surface area contributed by atoms with Gasteiger partial charge >= 0.3 is 0 Å². The van der Waals surface area contributed by atoms with E-state index in [4.69, 9.17) is 0 Å². The van der Waals surface area contributed by atoms with Gasteiger partial charge in [-0.25, -0.2) is 4.39 Å². The van der Waals surface area contributed by atoms with Crippen molar-refractivity contribution in [2.75, 3.05) is 6.54 Å². The van der Waals surface area contributed by atoms with E-state index >= 15 is 0 Å². The van der Waals surface area contributed by atoms with Crippen molar-refractivity contribution in [1.82, 2.24) is 10.6 Å². The molecule has 2 N–H and O–H groups in total. The molecule has 5 heteroatoms. The van der Waals surface area contributed by atoms with E-state index in [1.807, 2.05) is 30.3 Å². The van der Waals surface area contributed by atoms with Gasteiger partial charge in [0.15, 0.2) is 0 Å². The van der Waals surface area contributed by atoms with Crippen molar-refractivity contribution in [1.29, 1.82) is 5.26 Å². The van der Waals surface area contributed by atoms with Crippen LogP contribution < -0.4 is 10.6 Å². The van der Waals surface area contributed by atoms with Gasteiger partial charge in [-0.15, -0.1) is 0 Å². The van der Waals surface area contributed by atoms with Crippen LogP contribution in [0.3, 0.4) is 0 Å². The van der Waals surface area contributed by atoms with Gasteiger partial charge in [-0.05, 0) is 48.9 Å². The Balaban J connectivity index is 1.71. The van der Waals surface area contributed by atoms with Crippen LogP contribution in [0.5, 0.6) is 0 Å². The molecular weight excluding hydrogens is 329 g/mol. The normalized spacial score (nSPS) is 17.0. The Morgan fingerprint density at radius 2 is 1.81 bits per heavy atom. The third-order valence-electron chi connectivity index (χ3n) is 4.83.